The van der Waals surface area contributed by atoms with Gasteiger partial charge in [-0.3, -0.25) is 14.6 Å². The van der Waals surface area contributed by atoms with Crippen LogP contribution in [0.25, 0.3) is 0 Å². The van der Waals surface area contributed by atoms with Gasteiger partial charge in [-0.2, -0.15) is 5.10 Å². The third-order valence-corrected chi connectivity index (χ3v) is 4.86. The number of hydrogen-bond acceptors (Lipinski definition) is 6. The Balaban J connectivity index is 1.80. The minimum Gasteiger partial charge on any atom is -0.461 e. The summed E-state index contributed by atoms with van der Waals surface area (Å²) in [6.07, 6.45) is 0. The molecule has 0 radical (unpaired) electrons. The lowest BCUT2D eigenvalue weighted by Gasteiger charge is -2.22. The van der Waals surface area contributed by atoms with Crippen molar-refractivity contribution in [3.8, 4) is 0 Å². The first-order valence-corrected chi connectivity index (χ1v) is 9.14. The largest absolute Gasteiger partial charge is 0.461 e. The number of imide groups is 1. The molecule has 2 aliphatic rings. The number of rotatable bonds is 4. The number of halogens is 1. The Morgan fingerprint density at radius 3 is 2.46 bits per heavy atom. The number of esters is 1. The second-order valence-corrected chi connectivity index (χ2v) is 6.74. The summed E-state index contributed by atoms with van der Waals surface area (Å²) >= 11 is 6.08. The fourth-order valence-corrected chi connectivity index (χ4v) is 3.64. The van der Waals surface area contributed by atoms with Crippen molar-refractivity contribution in [3.63, 3.8) is 0 Å². The van der Waals surface area contributed by atoms with Crippen molar-refractivity contribution in [2.75, 3.05) is 16.5 Å². The molecule has 28 heavy (non-hydrogen) atoms. The van der Waals surface area contributed by atoms with Crippen LogP contribution >= 0.6 is 11.6 Å². The number of hydrazone groups is 1. The lowest BCUT2D eigenvalue weighted by atomic mass is 9.98. The first-order valence-electron chi connectivity index (χ1n) is 8.76. The quantitative estimate of drug-likeness (QED) is 0.585. The molecule has 0 aliphatic carbocycles. The monoisotopic (exact) mass is 397 g/mol. The number of para-hydroxylation sites is 1. The van der Waals surface area contributed by atoms with Gasteiger partial charge in [-0.05, 0) is 37.3 Å². The van der Waals surface area contributed by atoms with Gasteiger partial charge < -0.3 is 4.74 Å². The Bertz CT molecular complexity index is 992. The Morgan fingerprint density at radius 2 is 1.79 bits per heavy atom. The summed E-state index contributed by atoms with van der Waals surface area (Å²) in [5, 5.41) is 6.11. The van der Waals surface area contributed by atoms with Crippen molar-refractivity contribution in [1.82, 2.24) is 0 Å². The van der Waals surface area contributed by atoms with Crippen molar-refractivity contribution in [1.29, 1.82) is 0 Å². The second kappa shape index (κ2) is 7.09. The first-order chi connectivity index (χ1) is 13.5. The van der Waals surface area contributed by atoms with E-state index in [1.54, 1.807) is 61.5 Å². The summed E-state index contributed by atoms with van der Waals surface area (Å²) in [5.41, 5.74) is 0.877. The van der Waals surface area contributed by atoms with E-state index in [0.29, 0.717) is 16.4 Å². The number of hydrogen-bond donors (Lipinski definition) is 0. The molecule has 0 N–H and O–H groups in total. The lowest BCUT2D eigenvalue weighted by molar-refractivity contribution is -0.136. The van der Waals surface area contributed by atoms with E-state index >= 15 is 0 Å². The van der Waals surface area contributed by atoms with Crippen LogP contribution in [0.3, 0.4) is 0 Å². The molecular formula is C20H16ClN3O4. The molecule has 142 valence electrons. The van der Waals surface area contributed by atoms with E-state index in [-0.39, 0.29) is 12.3 Å². The van der Waals surface area contributed by atoms with Crippen LogP contribution in [0.2, 0.25) is 5.02 Å². The number of amides is 2. The van der Waals surface area contributed by atoms with E-state index in [4.69, 9.17) is 16.3 Å². The molecular weight excluding hydrogens is 382 g/mol. The van der Waals surface area contributed by atoms with Crippen LogP contribution in [-0.4, -0.2) is 36.1 Å². The lowest BCUT2D eigenvalue weighted by Crippen LogP contribution is -2.39. The van der Waals surface area contributed by atoms with Crippen LogP contribution in [0.5, 0.6) is 0 Å². The minimum absolute atomic E-state index is 0.0800. The molecule has 4 rings (SSSR count). The van der Waals surface area contributed by atoms with Crippen LogP contribution in [0.1, 0.15) is 6.92 Å². The van der Waals surface area contributed by atoms with E-state index in [0.717, 1.165) is 4.90 Å². The predicted octanol–water partition coefficient (Wildman–Crippen LogP) is 2.64. The van der Waals surface area contributed by atoms with Gasteiger partial charge in [-0.25, -0.2) is 9.69 Å². The highest BCUT2D eigenvalue weighted by molar-refractivity contribution is 6.47. The Morgan fingerprint density at radius 1 is 1.07 bits per heavy atom. The van der Waals surface area contributed by atoms with E-state index < -0.39 is 29.7 Å². The number of nitrogens with zero attached hydrogens (tertiary/aromatic N) is 3. The van der Waals surface area contributed by atoms with E-state index in [1.165, 1.54) is 5.01 Å². The number of carbonyl (C=O) groups excluding carboxylic acids is 3. The van der Waals surface area contributed by atoms with Crippen LogP contribution < -0.4 is 9.91 Å². The average molecular weight is 398 g/mol. The number of fused-ring (bicyclic) bond motifs is 1. The van der Waals surface area contributed by atoms with E-state index in [1.807, 2.05) is 0 Å². The highest BCUT2D eigenvalue weighted by atomic mass is 35.5. The molecule has 1 saturated heterocycles. The van der Waals surface area contributed by atoms with Gasteiger partial charge in [-0.1, -0.05) is 35.9 Å². The minimum atomic E-state index is -1.04. The maximum absolute atomic E-state index is 13.2. The molecule has 2 aromatic rings. The van der Waals surface area contributed by atoms with Gasteiger partial charge in [-0.15, -0.1) is 0 Å². The van der Waals surface area contributed by atoms with E-state index in [9.17, 15) is 14.4 Å². The SMILES string of the molecule is CCOC(=O)C1=NN(c2cccc(Cl)c2)C2C(=O)N(c3ccccc3)C(=O)C12. The number of ether oxygens (including phenoxy) is 1. The molecule has 2 amide bonds. The molecule has 2 atom stereocenters. The highest BCUT2D eigenvalue weighted by Crippen LogP contribution is 2.38. The van der Waals surface area contributed by atoms with Crippen molar-refractivity contribution in [2.45, 2.75) is 13.0 Å². The molecule has 0 aromatic heterocycles. The van der Waals surface area contributed by atoms with Gasteiger partial charge in [0.05, 0.1) is 18.0 Å². The summed E-state index contributed by atoms with van der Waals surface area (Å²) in [4.78, 5) is 39.9. The molecule has 2 unspecified atom stereocenters. The molecule has 0 spiro atoms. The zero-order valence-electron chi connectivity index (χ0n) is 14.9. The zero-order chi connectivity index (χ0) is 19.8. The van der Waals surface area contributed by atoms with Gasteiger partial charge in [0.1, 0.15) is 12.0 Å². The summed E-state index contributed by atoms with van der Waals surface area (Å²) < 4.78 is 5.06. The molecule has 8 heteroatoms. The summed E-state index contributed by atoms with van der Waals surface area (Å²) in [7, 11) is 0. The van der Waals surface area contributed by atoms with E-state index in [2.05, 4.69) is 5.10 Å². The van der Waals surface area contributed by atoms with Gasteiger partial charge in [0.2, 0.25) is 5.91 Å². The van der Waals surface area contributed by atoms with Gasteiger partial charge in [0.25, 0.3) is 5.91 Å². The summed E-state index contributed by atoms with van der Waals surface area (Å²) in [5.74, 6) is -2.70. The molecule has 0 saturated carbocycles. The molecule has 2 aromatic carbocycles. The third kappa shape index (κ3) is 2.84. The molecule has 2 heterocycles. The smallest absolute Gasteiger partial charge is 0.355 e. The van der Waals surface area contributed by atoms with Crippen LogP contribution in [0.4, 0.5) is 11.4 Å². The number of benzene rings is 2. The normalized spacial score (nSPS) is 21.0. The summed E-state index contributed by atoms with van der Waals surface area (Å²) in [6.45, 7) is 1.80. The maximum Gasteiger partial charge on any atom is 0.355 e. The number of anilines is 2. The average Bonchev–Trinajstić information content (AvgIpc) is 3.20. The fraction of sp³-hybridized carbons (Fsp3) is 0.200. The van der Waals surface area contributed by atoms with Crippen LogP contribution in [0, 0.1) is 5.92 Å². The van der Waals surface area contributed by atoms with Gasteiger partial charge in [0.15, 0.2) is 5.71 Å². The van der Waals surface area contributed by atoms with Gasteiger partial charge >= 0.3 is 5.97 Å². The number of carbonyl (C=O) groups is 3. The predicted molar refractivity (Wildman–Crippen MR) is 104 cm³/mol. The molecule has 0 bridgehead atoms. The van der Waals surface area contributed by atoms with Crippen molar-refractivity contribution < 1.29 is 19.1 Å². The molecule has 2 aliphatic heterocycles. The van der Waals surface area contributed by atoms with Crippen LogP contribution in [0.15, 0.2) is 59.7 Å². The topological polar surface area (TPSA) is 79.3 Å². The Labute approximate surface area is 166 Å². The summed E-state index contributed by atoms with van der Waals surface area (Å²) in [6, 6.07) is 14.4. The molecule has 1 fully saturated rings. The van der Waals surface area contributed by atoms with Gasteiger partial charge in [0, 0.05) is 5.02 Å². The zero-order valence-corrected chi connectivity index (χ0v) is 15.7. The highest BCUT2D eigenvalue weighted by Gasteiger charge is 2.59. The van der Waals surface area contributed by atoms with Crippen molar-refractivity contribution in [3.05, 3.63) is 59.6 Å². The maximum atomic E-state index is 13.2. The first kappa shape index (κ1) is 18.2. The third-order valence-electron chi connectivity index (χ3n) is 4.62. The fourth-order valence-electron chi connectivity index (χ4n) is 3.45. The van der Waals surface area contributed by atoms with Crippen molar-refractivity contribution >= 4 is 46.5 Å². The Hall–Kier alpha value is -3.19. The standard InChI is InChI=1S/C20H16ClN3O4/c1-2-28-20(27)16-15-17(24(22-16)14-10-6-7-12(21)11-14)19(26)23(18(15)25)13-8-4-3-5-9-13/h3-11,15,17H,2H2,1H3. The second-order valence-electron chi connectivity index (χ2n) is 6.30. The molecule has 7 nitrogen and oxygen atoms in total. The van der Waals surface area contributed by atoms with Crippen molar-refractivity contribution in [2.24, 2.45) is 11.0 Å². The Kier molecular flexibility index (Phi) is 4.60. The van der Waals surface area contributed by atoms with Crippen LogP contribution in [-0.2, 0) is 19.1 Å².